The van der Waals surface area contributed by atoms with Crippen molar-refractivity contribution in [3.8, 4) is 5.75 Å². The van der Waals surface area contributed by atoms with Crippen molar-refractivity contribution in [2.24, 2.45) is 5.92 Å². The summed E-state index contributed by atoms with van der Waals surface area (Å²) in [6, 6.07) is 7.41. The molecular formula is C19H32Cl2N2O. The minimum Gasteiger partial charge on any atom is -0.496 e. The number of nitrogens with one attached hydrogen (secondary N) is 1. The number of hydrogen-bond donors (Lipinski definition) is 1. The van der Waals surface area contributed by atoms with Crippen LogP contribution in [0.15, 0.2) is 18.2 Å². The van der Waals surface area contributed by atoms with Gasteiger partial charge in [-0.05, 0) is 42.9 Å². The maximum Gasteiger partial charge on any atom is 0.121 e. The molecule has 1 heterocycles. The van der Waals surface area contributed by atoms with Crippen molar-refractivity contribution in [2.75, 3.05) is 33.3 Å². The molecule has 3 rings (SSSR count). The third-order valence-electron chi connectivity index (χ3n) is 5.40. The molecule has 1 N–H and O–H groups in total. The SMILES string of the molecule is COc1ccc([C@H](C2CCCCC2)N2CCNCC2)cc1C.Cl.Cl. The molecule has 0 radical (unpaired) electrons. The first-order valence-electron chi connectivity index (χ1n) is 8.89. The Balaban J connectivity index is 0.00000144. The van der Waals surface area contributed by atoms with Crippen molar-refractivity contribution in [3.63, 3.8) is 0 Å². The Hall–Kier alpha value is -0.480. The third-order valence-corrected chi connectivity index (χ3v) is 5.40. The Kier molecular flexibility index (Phi) is 9.43. The van der Waals surface area contributed by atoms with Gasteiger partial charge in [0.15, 0.2) is 0 Å². The van der Waals surface area contributed by atoms with Crippen molar-refractivity contribution >= 4 is 24.8 Å². The number of benzene rings is 1. The van der Waals surface area contributed by atoms with Crippen LogP contribution in [-0.4, -0.2) is 38.2 Å². The van der Waals surface area contributed by atoms with Crippen LogP contribution < -0.4 is 10.1 Å². The van der Waals surface area contributed by atoms with Gasteiger partial charge in [-0.25, -0.2) is 0 Å². The van der Waals surface area contributed by atoms with Crippen LogP contribution in [0, 0.1) is 12.8 Å². The lowest BCUT2D eigenvalue weighted by atomic mass is 9.80. The van der Waals surface area contributed by atoms with Crippen molar-refractivity contribution in [1.82, 2.24) is 10.2 Å². The molecule has 1 aliphatic carbocycles. The predicted molar refractivity (Wildman–Crippen MR) is 106 cm³/mol. The topological polar surface area (TPSA) is 24.5 Å². The monoisotopic (exact) mass is 374 g/mol. The van der Waals surface area contributed by atoms with Gasteiger partial charge >= 0.3 is 0 Å². The van der Waals surface area contributed by atoms with E-state index in [0.29, 0.717) is 6.04 Å². The molecule has 24 heavy (non-hydrogen) atoms. The smallest absolute Gasteiger partial charge is 0.121 e. The normalized spacial score (nSPS) is 20.6. The quantitative estimate of drug-likeness (QED) is 0.846. The molecule has 1 aromatic carbocycles. The molecule has 5 heteroatoms. The fourth-order valence-electron chi connectivity index (χ4n) is 4.28. The van der Waals surface area contributed by atoms with Crippen molar-refractivity contribution < 1.29 is 4.74 Å². The highest BCUT2D eigenvalue weighted by molar-refractivity contribution is 5.85. The van der Waals surface area contributed by atoms with Gasteiger partial charge in [0.2, 0.25) is 0 Å². The van der Waals surface area contributed by atoms with Gasteiger partial charge in [0.25, 0.3) is 0 Å². The fraction of sp³-hybridized carbons (Fsp3) is 0.684. The minimum absolute atomic E-state index is 0. The number of methoxy groups -OCH3 is 1. The van der Waals surface area contributed by atoms with Crippen LogP contribution in [0.3, 0.4) is 0 Å². The summed E-state index contributed by atoms with van der Waals surface area (Å²) in [7, 11) is 1.76. The van der Waals surface area contributed by atoms with Gasteiger partial charge in [0, 0.05) is 32.2 Å². The summed E-state index contributed by atoms with van der Waals surface area (Å²) < 4.78 is 5.45. The van der Waals surface area contributed by atoms with Gasteiger partial charge in [-0.1, -0.05) is 31.4 Å². The summed E-state index contributed by atoms with van der Waals surface area (Å²) in [4.78, 5) is 2.72. The van der Waals surface area contributed by atoms with E-state index in [0.717, 1.165) is 24.8 Å². The lowest BCUT2D eigenvalue weighted by Crippen LogP contribution is -2.47. The number of hydrogen-bond acceptors (Lipinski definition) is 3. The maximum atomic E-state index is 5.45. The van der Waals surface area contributed by atoms with E-state index in [1.54, 1.807) is 7.11 Å². The number of halogens is 2. The summed E-state index contributed by atoms with van der Waals surface area (Å²) in [5.41, 5.74) is 2.75. The van der Waals surface area contributed by atoms with Gasteiger partial charge < -0.3 is 10.1 Å². The zero-order valence-electron chi connectivity index (χ0n) is 14.9. The van der Waals surface area contributed by atoms with E-state index in [1.807, 2.05) is 0 Å². The molecule has 1 aromatic rings. The number of piperazine rings is 1. The van der Waals surface area contributed by atoms with Gasteiger partial charge in [-0.15, -0.1) is 24.8 Å². The summed E-state index contributed by atoms with van der Waals surface area (Å²) in [6.07, 6.45) is 7.01. The van der Waals surface area contributed by atoms with E-state index < -0.39 is 0 Å². The Morgan fingerprint density at radius 3 is 2.33 bits per heavy atom. The highest BCUT2D eigenvalue weighted by Crippen LogP contribution is 2.39. The first-order chi connectivity index (χ1) is 10.8. The Morgan fingerprint density at radius 1 is 1.08 bits per heavy atom. The maximum absolute atomic E-state index is 5.45. The van der Waals surface area contributed by atoms with Crippen LogP contribution in [0.1, 0.15) is 49.3 Å². The minimum atomic E-state index is 0. The molecule has 1 atom stereocenters. The molecule has 1 aliphatic heterocycles. The van der Waals surface area contributed by atoms with Gasteiger partial charge in [0.1, 0.15) is 5.75 Å². The van der Waals surface area contributed by atoms with Crippen LogP contribution in [0.25, 0.3) is 0 Å². The largest absolute Gasteiger partial charge is 0.496 e. The molecule has 138 valence electrons. The standard InChI is InChI=1S/C19H30N2O.2ClH/c1-15-14-17(8-9-18(15)22-2)19(16-6-4-3-5-7-16)21-12-10-20-11-13-21;;/h8-9,14,16,19-20H,3-7,10-13H2,1-2H3;2*1H/t19-;;/m0../s1. The number of aryl methyl sites for hydroxylation is 1. The van der Waals surface area contributed by atoms with Crippen LogP contribution in [0.5, 0.6) is 5.75 Å². The van der Waals surface area contributed by atoms with Gasteiger partial charge in [-0.2, -0.15) is 0 Å². The van der Waals surface area contributed by atoms with E-state index in [1.165, 1.54) is 56.3 Å². The lowest BCUT2D eigenvalue weighted by Gasteiger charge is -2.41. The zero-order valence-corrected chi connectivity index (χ0v) is 16.6. The molecular weight excluding hydrogens is 343 g/mol. The van der Waals surface area contributed by atoms with E-state index in [9.17, 15) is 0 Å². The Labute approximate surface area is 159 Å². The lowest BCUT2D eigenvalue weighted by molar-refractivity contribution is 0.103. The van der Waals surface area contributed by atoms with Gasteiger partial charge in [0.05, 0.1) is 7.11 Å². The molecule has 0 unspecified atom stereocenters. The number of nitrogens with zero attached hydrogens (tertiary/aromatic N) is 1. The van der Waals surface area contributed by atoms with Crippen LogP contribution in [0.2, 0.25) is 0 Å². The Morgan fingerprint density at radius 2 is 1.75 bits per heavy atom. The number of rotatable bonds is 4. The van der Waals surface area contributed by atoms with E-state index in [2.05, 4.69) is 35.3 Å². The van der Waals surface area contributed by atoms with E-state index in [-0.39, 0.29) is 24.8 Å². The zero-order chi connectivity index (χ0) is 15.4. The second kappa shape index (κ2) is 10.5. The van der Waals surface area contributed by atoms with Crippen LogP contribution in [-0.2, 0) is 0 Å². The second-order valence-corrected chi connectivity index (χ2v) is 6.86. The van der Waals surface area contributed by atoms with E-state index >= 15 is 0 Å². The van der Waals surface area contributed by atoms with Crippen molar-refractivity contribution in [3.05, 3.63) is 29.3 Å². The summed E-state index contributed by atoms with van der Waals surface area (Å²) in [5, 5.41) is 3.49. The van der Waals surface area contributed by atoms with Crippen LogP contribution in [0.4, 0.5) is 0 Å². The van der Waals surface area contributed by atoms with Crippen LogP contribution >= 0.6 is 24.8 Å². The van der Waals surface area contributed by atoms with Crippen molar-refractivity contribution in [1.29, 1.82) is 0 Å². The van der Waals surface area contributed by atoms with Crippen molar-refractivity contribution in [2.45, 2.75) is 45.1 Å². The average Bonchev–Trinajstić information content (AvgIpc) is 2.57. The summed E-state index contributed by atoms with van der Waals surface area (Å²) in [5.74, 6) is 1.83. The predicted octanol–water partition coefficient (Wildman–Crippen LogP) is 4.37. The molecule has 0 aromatic heterocycles. The molecule has 1 saturated carbocycles. The van der Waals surface area contributed by atoms with Gasteiger partial charge in [-0.3, -0.25) is 4.90 Å². The molecule has 0 spiro atoms. The number of ether oxygens (including phenoxy) is 1. The third kappa shape index (κ3) is 5.01. The average molecular weight is 375 g/mol. The highest BCUT2D eigenvalue weighted by Gasteiger charge is 2.31. The molecule has 2 aliphatic rings. The first-order valence-corrected chi connectivity index (χ1v) is 8.89. The molecule has 0 amide bonds. The molecule has 3 nitrogen and oxygen atoms in total. The van der Waals surface area contributed by atoms with E-state index in [4.69, 9.17) is 4.74 Å². The first kappa shape index (κ1) is 21.6. The molecule has 1 saturated heterocycles. The molecule has 2 fully saturated rings. The summed E-state index contributed by atoms with van der Waals surface area (Å²) in [6.45, 7) is 6.76. The Bertz CT molecular complexity index is 468. The second-order valence-electron chi connectivity index (χ2n) is 6.86. The molecule has 0 bridgehead atoms. The summed E-state index contributed by atoms with van der Waals surface area (Å²) >= 11 is 0. The fourth-order valence-corrected chi connectivity index (χ4v) is 4.28. The highest BCUT2D eigenvalue weighted by atomic mass is 35.5.